The minimum absolute atomic E-state index is 0.264. The lowest BCUT2D eigenvalue weighted by Crippen LogP contribution is -2.40. The zero-order chi connectivity index (χ0) is 10.1. The van der Waals surface area contributed by atoms with Gasteiger partial charge < -0.3 is 10.4 Å². The average molecular weight is 188 g/mol. The van der Waals surface area contributed by atoms with Crippen LogP contribution in [0.4, 0.5) is 0 Å². The van der Waals surface area contributed by atoms with Crippen LogP contribution in [-0.2, 0) is 0 Å². The quantitative estimate of drug-likeness (QED) is 0.588. The van der Waals surface area contributed by atoms with Gasteiger partial charge in [-0.2, -0.15) is 0 Å². The maximum Gasteiger partial charge on any atom is 0.0558 e. The van der Waals surface area contributed by atoms with Gasteiger partial charge in [0.1, 0.15) is 0 Å². The van der Waals surface area contributed by atoms with Crippen molar-refractivity contribution in [2.75, 3.05) is 33.3 Å². The zero-order valence-corrected chi connectivity index (χ0v) is 9.21. The summed E-state index contributed by atoms with van der Waals surface area (Å²) in [4.78, 5) is 2.36. The molecule has 0 saturated carbocycles. The van der Waals surface area contributed by atoms with Gasteiger partial charge in [-0.1, -0.05) is 13.8 Å². The van der Waals surface area contributed by atoms with Crippen LogP contribution >= 0.6 is 0 Å². The molecule has 0 fully saturated rings. The van der Waals surface area contributed by atoms with Crippen LogP contribution in [0, 0.1) is 0 Å². The minimum atomic E-state index is 0.264. The average Bonchev–Trinajstić information content (AvgIpc) is 2.16. The number of aliphatic hydroxyl groups excluding tert-OH is 1. The van der Waals surface area contributed by atoms with E-state index in [0.29, 0.717) is 6.04 Å². The first-order valence-electron chi connectivity index (χ1n) is 5.29. The first-order valence-corrected chi connectivity index (χ1v) is 5.29. The summed E-state index contributed by atoms with van der Waals surface area (Å²) in [7, 11) is 1.96. The van der Waals surface area contributed by atoms with Crippen LogP contribution in [-0.4, -0.2) is 49.3 Å². The van der Waals surface area contributed by atoms with Crippen LogP contribution in [0.15, 0.2) is 0 Å². The molecule has 0 aromatic rings. The molecular weight excluding hydrogens is 164 g/mol. The van der Waals surface area contributed by atoms with Crippen LogP contribution in [0.2, 0.25) is 0 Å². The van der Waals surface area contributed by atoms with E-state index in [1.54, 1.807) is 0 Å². The van der Waals surface area contributed by atoms with E-state index < -0.39 is 0 Å². The first kappa shape index (κ1) is 12.9. The Labute approximate surface area is 82.1 Å². The molecule has 3 nitrogen and oxygen atoms in total. The molecule has 13 heavy (non-hydrogen) atoms. The van der Waals surface area contributed by atoms with E-state index in [2.05, 4.69) is 24.1 Å². The molecule has 0 aliphatic carbocycles. The van der Waals surface area contributed by atoms with Gasteiger partial charge in [-0.05, 0) is 19.9 Å². The lowest BCUT2D eigenvalue weighted by Gasteiger charge is -2.29. The Bertz CT molecular complexity index is 105. The lowest BCUT2D eigenvalue weighted by atomic mass is 10.1. The molecule has 0 aliphatic rings. The van der Waals surface area contributed by atoms with Gasteiger partial charge in [-0.15, -0.1) is 0 Å². The van der Waals surface area contributed by atoms with Gasteiger partial charge in [-0.3, -0.25) is 4.90 Å². The van der Waals surface area contributed by atoms with Crippen molar-refractivity contribution in [2.24, 2.45) is 0 Å². The number of aliphatic hydroxyl groups is 1. The standard InChI is InChI=1S/C10H24N2O/c1-4-10(5-2)12(8-9-13)7-6-11-3/h10-11,13H,4-9H2,1-3H3. The summed E-state index contributed by atoms with van der Waals surface area (Å²) in [5.41, 5.74) is 0. The van der Waals surface area contributed by atoms with Gasteiger partial charge in [0.25, 0.3) is 0 Å². The molecule has 0 aromatic carbocycles. The van der Waals surface area contributed by atoms with E-state index in [-0.39, 0.29) is 6.61 Å². The molecule has 2 N–H and O–H groups in total. The molecule has 0 bridgehead atoms. The second kappa shape index (κ2) is 8.48. The summed E-state index contributed by atoms with van der Waals surface area (Å²) in [6, 6.07) is 0.625. The molecule has 0 spiro atoms. The number of nitrogens with one attached hydrogen (secondary N) is 1. The van der Waals surface area contributed by atoms with Crippen molar-refractivity contribution in [2.45, 2.75) is 32.7 Å². The highest BCUT2D eigenvalue weighted by atomic mass is 16.3. The van der Waals surface area contributed by atoms with Gasteiger partial charge in [0.2, 0.25) is 0 Å². The second-order valence-electron chi connectivity index (χ2n) is 3.33. The molecular formula is C10H24N2O. The summed E-state index contributed by atoms with van der Waals surface area (Å²) in [6.07, 6.45) is 2.33. The highest BCUT2D eigenvalue weighted by Gasteiger charge is 2.12. The van der Waals surface area contributed by atoms with Gasteiger partial charge >= 0.3 is 0 Å². The van der Waals surface area contributed by atoms with Crippen molar-refractivity contribution in [3.63, 3.8) is 0 Å². The third kappa shape index (κ3) is 5.24. The zero-order valence-electron chi connectivity index (χ0n) is 9.21. The van der Waals surface area contributed by atoms with E-state index in [4.69, 9.17) is 5.11 Å². The van der Waals surface area contributed by atoms with Crippen molar-refractivity contribution in [1.29, 1.82) is 0 Å². The Morgan fingerprint density at radius 1 is 1.23 bits per heavy atom. The number of nitrogens with zero attached hydrogens (tertiary/aromatic N) is 1. The molecule has 0 heterocycles. The highest BCUT2D eigenvalue weighted by molar-refractivity contribution is 4.69. The molecule has 0 aromatic heterocycles. The Morgan fingerprint density at radius 2 is 1.85 bits per heavy atom. The number of rotatable bonds is 8. The Hall–Kier alpha value is -0.120. The minimum Gasteiger partial charge on any atom is -0.395 e. The fourth-order valence-electron chi connectivity index (χ4n) is 1.67. The Kier molecular flexibility index (Phi) is 8.40. The van der Waals surface area contributed by atoms with Gasteiger partial charge in [-0.25, -0.2) is 0 Å². The van der Waals surface area contributed by atoms with E-state index >= 15 is 0 Å². The molecule has 0 atom stereocenters. The SMILES string of the molecule is CCC(CC)N(CCO)CCNC. The molecule has 0 aliphatic heterocycles. The first-order chi connectivity index (χ1) is 6.29. The highest BCUT2D eigenvalue weighted by Crippen LogP contribution is 2.06. The molecule has 0 unspecified atom stereocenters. The number of hydrogen-bond acceptors (Lipinski definition) is 3. The molecule has 0 saturated heterocycles. The molecule has 0 radical (unpaired) electrons. The fraction of sp³-hybridized carbons (Fsp3) is 1.00. The van der Waals surface area contributed by atoms with Crippen LogP contribution in [0.5, 0.6) is 0 Å². The molecule has 0 rings (SSSR count). The molecule has 80 valence electrons. The van der Waals surface area contributed by atoms with Crippen LogP contribution in [0.3, 0.4) is 0 Å². The smallest absolute Gasteiger partial charge is 0.0558 e. The summed E-state index contributed by atoms with van der Waals surface area (Å²) >= 11 is 0. The van der Waals surface area contributed by atoms with Crippen molar-refractivity contribution >= 4 is 0 Å². The van der Waals surface area contributed by atoms with E-state index in [0.717, 1.165) is 19.6 Å². The summed E-state index contributed by atoms with van der Waals surface area (Å²) < 4.78 is 0. The maximum atomic E-state index is 8.91. The molecule has 0 amide bonds. The monoisotopic (exact) mass is 188 g/mol. The topological polar surface area (TPSA) is 35.5 Å². The predicted octanol–water partition coefficient (Wildman–Crippen LogP) is 0.689. The second-order valence-corrected chi connectivity index (χ2v) is 3.33. The van der Waals surface area contributed by atoms with E-state index in [9.17, 15) is 0 Å². The molecule has 3 heteroatoms. The normalized spacial score (nSPS) is 11.5. The van der Waals surface area contributed by atoms with Crippen LogP contribution < -0.4 is 5.32 Å². The third-order valence-electron chi connectivity index (χ3n) is 2.50. The van der Waals surface area contributed by atoms with Crippen molar-refractivity contribution in [3.8, 4) is 0 Å². The Balaban J connectivity index is 3.88. The summed E-state index contributed by atoms with van der Waals surface area (Å²) in [5.74, 6) is 0. The van der Waals surface area contributed by atoms with Crippen molar-refractivity contribution in [1.82, 2.24) is 10.2 Å². The maximum absolute atomic E-state index is 8.91. The van der Waals surface area contributed by atoms with Gasteiger partial charge in [0, 0.05) is 25.7 Å². The summed E-state index contributed by atoms with van der Waals surface area (Å²) in [6.45, 7) is 7.50. The van der Waals surface area contributed by atoms with Gasteiger partial charge in [0.15, 0.2) is 0 Å². The van der Waals surface area contributed by atoms with E-state index in [1.165, 1.54) is 12.8 Å². The van der Waals surface area contributed by atoms with Crippen molar-refractivity contribution in [3.05, 3.63) is 0 Å². The third-order valence-corrected chi connectivity index (χ3v) is 2.50. The number of likely N-dealkylation sites (N-methyl/N-ethyl adjacent to an activating group) is 1. The van der Waals surface area contributed by atoms with Crippen molar-refractivity contribution < 1.29 is 5.11 Å². The predicted molar refractivity (Wildman–Crippen MR) is 57.0 cm³/mol. The summed E-state index contributed by atoms with van der Waals surface area (Å²) in [5, 5.41) is 12.1. The van der Waals surface area contributed by atoms with E-state index in [1.807, 2.05) is 7.05 Å². The van der Waals surface area contributed by atoms with Crippen LogP contribution in [0.25, 0.3) is 0 Å². The Morgan fingerprint density at radius 3 is 2.23 bits per heavy atom. The lowest BCUT2D eigenvalue weighted by molar-refractivity contribution is 0.145. The van der Waals surface area contributed by atoms with Crippen LogP contribution in [0.1, 0.15) is 26.7 Å². The number of hydrogen-bond donors (Lipinski definition) is 2. The largest absolute Gasteiger partial charge is 0.395 e. The fourth-order valence-corrected chi connectivity index (χ4v) is 1.67. The van der Waals surface area contributed by atoms with Gasteiger partial charge in [0.05, 0.1) is 6.61 Å².